The number of esters is 2. The van der Waals surface area contributed by atoms with Crippen LogP contribution in [0, 0.1) is 0 Å². The Morgan fingerprint density at radius 3 is 2.11 bits per heavy atom. The number of methoxy groups -OCH3 is 1. The predicted molar refractivity (Wildman–Crippen MR) is 125 cm³/mol. The van der Waals surface area contributed by atoms with Crippen LogP contribution in [-0.4, -0.2) is 67.6 Å². The van der Waals surface area contributed by atoms with Gasteiger partial charge in [0.1, 0.15) is 0 Å². The molecule has 0 fully saturated rings. The second-order valence-electron chi connectivity index (χ2n) is 6.96. The summed E-state index contributed by atoms with van der Waals surface area (Å²) in [5.41, 5.74) is 8.15. The summed E-state index contributed by atoms with van der Waals surface area (Å²) in [6.07, 6.45) is 1.12. The van der Waals surface area contributed by atoms with E-state index in [0.29, 0.717) is 47.8 Å². The van der Waals surface area contributed by atoms with Crippen LogP contribution in [0.25, 0.3) is 0 Å². The van der Waals surface area contributed by atoms with E-state index in [1.165, 1.54) is 7.11 Å². The van der Waals surface area contributed by atoms with Gasteiger partial charge in [0.15, 0.2) is 0 Å². The van der Waals surface area contributed by atoms with Crippen molar-refractivity contribution in [2.24, 2.45) is 5.73 Å². The first-order valence-electron chi connectivity index (χ1n) is 10.6. The minimum absolute atomic E-state index is 0.153. The SMILES string of the molecule is CCOC(=O)C1=C(COCCN)NC(C)=C(C(=O)OC)C1c1ccccc1.O=C(O)/C=C/C(=O)O. The maximum atomic E-state index is 12.8. The van der Waals surface area contributed by atoms with Crippen molar-refractivity contribution in [3.05, 3.63) is 70.6 Å². The Hall–Kier alpha value is -3.96. The van der Waals surface area contributed by atoms with Crippen LogP contribution < -0.4 is 11.1 Å². The lowest BCUT2D eigenvalue weighted by atomic mass is 9.80. The molecule has 0 spiro atoms. The van der Waals surface area contributed by atoms with Gasteiger partial charge in [0.25, 0.3) is 0 Å². The molecule has 35 heavy (non-hydrogen) atoms. The zero-order chi connectivity index (χ0) is 26.4. The number of nitrogens with one attached hydrogen (secondary N) is 1. The first kappa shape index (κ1) is 29.1. The van der Waals surface area contributed by atoms with Gasteiger partial charge in [0.2, 0.25) is 0 Å². The van der Waals surface area contributed by atoms with Crippen LogP contribution in [0.1, 0.15) is 25.3 Å². The predicted octanol–water partition coefficient (Wildman–Crippen LogP) is 1.32. The van der Waals surface area contributed by atoms with Crippen LogP contribution in [-0.2, 0) is 33.4 Å². The Bertz CT molecular complexity index is 982. The molecule has 1 atom stereocenters. The zero-order valence-electron chi connectivity index (χ0n) is 19.8. The molecule has 1 aliphatic rings. The molecule has 1 aliphatic heterocycles. The number of benzene rings is 1. The van der Waals surface area contributed by atoms with Crippen LogP contribution in [0.3, 0.4) is 0 Å². The van der Waals surface area contributed by atoms with Crippen molar-refractivity contribution in [1.29, 1.82) is 0 Å². The van der Waals surface area contributed by atoms with Crippen LogP contribution >= 0.6 is 0 Å². The maximum Gasteiger partial charge on any atom is 0.336 e. The van der Waals surface area contributed by atoms with E-state index >= 15 is 0 Å². The summed E-state index contributed by atoms with van der Waals surface area (Å²) < 4.78 is 15.8. The molecule has 1 heterocycles. The molecule has 1 unspecified atom stereocenters. The van der Waals surface area contributed by atoms with Crippen molar-refractivity contribution >= 4 is 23.9 Å². The Morgan fingerprint density at radius 1 is 1.03 bits per heavy atom. The third-order valence-electron chi connectivity index (χ3n) is 4.56. The standard InChI is InChI=1S/C20H26N2O5.C4H4O4/c1-4-27-20(24)18-15(12-26-11-10-21)22-13(2)16(19(23)25-3)17(18)14-8-6-5-7-9-14;5-3(6)1-2-4(7)8/h5-9,17,22H,4,10-12,21H2,1-3H3;1-2H,(H,5,6)(H,7,8)/b;2-1+. The third kappa shape index (κ3) is 9.07. The van der Waals surface area contributed by atoms with E-state index in [1.807, 2.05) is 30.3 Å². The number of carboxylic acids is 2. The summed E-state index contributed by atoms with van der Waals surface area (Å²) in [7, 11) is 1.32. The number of carbonyl (C=O) groups excluding carboxylic acids is 2. The summed E-state index contributed by atoms with van der Waals surface area (Å²) in [6.45, 7) is 4.60. The molecule has 0 amide bonds. The molecule has 2 rings (SSSR count). The average Bonchev–Trinajstić information content (AvgIpc) is 2.83. The van der Waals surface area contributed by atoms with Crippen molar-refractivity contribution in [2.75, 3.05) is 33.5 Å². The topological polar surface area (TPSA) is 174 Å². The van der Waals surface area contributed by atoms with Crippen LogP contribution in [0.4, 0.5) is 0 Å². The van der Waals surface area contributed by atoms with Crippen molar-refractivity contribution in [1.82, 2.24) is 5.32 Å². The van der Waals surface area contributed by atoms with Gasteiger partial charge in [-0.1, -0.05) is 30.3 Å². The summed E-state index contributed by atoms with van der Waals surface area (Å²) in [5, 5.41) is 18.7. The summed E-state index contributed by atoms with van der Waals surface area (Å²) in [6, 6.07) is 9.31. The molecule has 190 valence electrons. The van der Waals surface area contributed by atoms with Crippen LogP contribution in [0.5, 0.6) is 0 Å². The largest absolute Gasteiger partial charge is 0.478 e. The number of allylic oxidation sites excluding steroid dienone is 1. The smallest absolute Gasteiger partial charge is 0.336 e. The fourth-order valence-corrected chi connectivity index (χ4v) is 3.22. The van der Waals surface area contributed by atoms with Crippen molar-refractivity contribution < 1.29 is 43.6 Å². The molecule has 0 aliphatic carbocycles. The first-order chi connectivity index (χ1) is 16.7. The van der Waals surface area contributed by atoms with E-state index in [0.717, 1.165) is 5.56 Å². The highest BCUT2D eigenvalue weighted by Gasteiger charge is 2.38. The Balaban J connectivity index is 0.000000658. The molecule has 0 radical (unpaired) electrons. The van der Waals surface area contributed by atoms with Crippen molar-refractivity contribution in [3.8, 4) is 0 Å². The minimum Gasteiger partial charge on any atom is -0.478 e. The minimum atomic E-state index is -1.26. The fourth-order valence-electron chi connectivity index (χ4n) is 3.22. The molecule has 5 N–H and O–H groups in total. The molecule has 11 nitrogen and oxygen atoms in total. The van der Waals surface area contributed by atoms with E-state index in [2.05, 4.69) is 5.32 Å². The van der Waals surface area contributed by atoms with E-state index in [-0.39, 0.29) is 13.2 Å². The Kier molecular flexibility index (Phi) is 12.5. The number of carbonyl (C=O) groups is 4. The van der Waals surface area contributed by atoms with Gasteiger partial charge in [-0.3, -0.25) is 0 Å². The first-order valence-corrected chi connectivity index (χ1v) is 10.6. The lowest BCUT2D eigenvalue weighted by molar-refractivity contribution is -0.139. The van der Waals surface area contributed by atoms with E-state index in [4.69, 9.17) is 30.2 Å². The highest BCUT2D eigenvalue weighted by molar-refractivity contribution is 6.00. The Labute approximate surface area is 202 Å². The van der Waals surface area contributed by atoms with Gasteiger partial charge >= 0.3 is 23.9 Å². The molecule has 0 bridgehead atoms. The summed E-state index contributed by atoms with van der Waals surface area (Å²) in [5.74, 6) is -4.13. The van der Waals surface area contributed by atoms with E-state index in [9.17, 15) is 19.2 Å². The van der Waals surface area contributed by atoms with Gasteiger partial charge in [-0.15, -0.1) is 0 Å². The highest BCUT2D eigenvalue weighted by atomic mass is 16.5. The van der Waals surface area contributed by atoms with Crippen LogP contribution in [0.15, 0.2) is 65.0 Å². The number of hydrogen-bond acceptors (Lipinski definition) is 9. The number of aliphatic carboxylic acids is 2. The molecular formula is C24H30N2O9. The number of ether oxygens (including phenoxy) is 3. The number of nitrogens with two attached hydrogens (primary N) is 1. The zero-order valence-corrected chi connectivity index (χ0v) is 19.8. The molecule has 1 aromatic rings. The molecular weight excluding hydrogens is 460 g/mol. The van der Waals surface area contributed by atoms with Crippen molar-refractivity contribution in [3.63, 3.8) is 0 Å². The van der Waals surface area contributed by atoms with Gasteiger partial charge < -0.3 is 35.5 Å². The quantitative estimate of drug-likeness (QED) is 0.211. The third-order valence-corrected chi connectivity index (χ3v) is 4.56. The lowest BCUT2D eigenvalue weighted by Gasteiger charge is -2.31. The second kappa shape index (κ2) is 15.0. The number of dihydropyridines is 1. The van der Waals surface area contributed by atoms with Crippen molar-refractivity contribution in [2.45, 2.75) is 19.8 Å². The van der Waals surface area contributed by atoms with Crippen LogP contribution in [0.2, 0.25) is 0 Å². The van der Waals surface area contributed by atoms with Gasteiger partial charge in [-0.05, 0) is 19.4 Å². The number of hydrogen-bond donors (Lipinski definition) is 4. The average molecular weight is 491 g/mol. The fraction of sp³-hybridized carbons (Fsp3) is 0.333. The molecule has 0 aromatic heterocycles. The number of rotatable bonds is 10. The number of carboxylic acid groups (broad SMARTS) is 2. The second-order valence-corrected chi connectivity index (χ2v) is 6.96. The molecule has 0 saturated carbocycles. The maximum absolute atomic E-state index is 12.8. The molecule has 1 aromatic carbocycles. The molecule has 0 saturated heterocycles. The van der Waals surface area contributed by atoms with E-state index < -0.39 is 29.8 Å². The summed E-state index contributed by atoms with van der Waals surface area (Å²) in [4.78, 5) is 44.4. The van der Waals surface area contributed by atoms with Gasteiger partial charge in [0.05, 0.1) is 49.7 Å². The van der Waals surface area contributed by atoms with Gasteiger partial charge in [0, 0.05) is 24.4 Å². The lowest BCUT2D eigenvalue weighted by Crippen LogP contribution is -2.35. The van der Waals surface area contributed by atoms with Gasteiger partial charge in [-0.25, -0.2) is 19.2 Å². The Morgan fingerprint density at radius 2 is 1.63 bits per heavy atom. The monoisotopic (exact) mass is 490 g/mol. The van der Waals surface area contributed by atoms with E-state index in [1.54, 1.807) is 13.8 Å². The highest BCUT2D eigenvalue weighted by Crippen LogP contribution is 2.39. The van der Waals surface area contributed by atoms with Gasteiger partial charge in [-0.2, -0.15) is 0 Å². The normalized spacial score (nSPS) is 15.1. The summed E-state index contributed by atoms with van der Waals surface area (Å²) >= 11 is 0. The molecule has 11 heteroatoms.